The molecule has 0 saturated carbocycles. The third-order valence-electron chi connectivity index (χ3n) is 4.44. The number of hydrogen-bond donors (Lipinski definition) is 1. The van der Waals surface area contributed by atoms with Crippen molar-refractivity contribution in [3.8, 4) is 23.0 Å². The zero-order valence-electron chi connectivity index (χ0n) is 17.8. The molecule has 1 amide bonds. The van der Waals surface area contributed by atoms with Crippen molar-refractivity contribution in [1.29, 1.82) is 0 Å². The summed E-state index contributed by atoms with van der Waals surface area (Å²) in [6.07, 6.45) is 0. The third kappa shape index (κ3) is 6.68. The zero-order chi connectivity index (χ0) is 22.9. The van der Waals surface area contributed by atoms with E-state index < -0.39 is 6.61 Å². The Hall–Kier alpha value is -3.65. The van der Waals surface area contributed by atoms with Gasteiger partial charge in [0.15, 0.2) is 17.2 Å². The smallest absolute Gasteiger partial charge is 0.387 e. The van der Waals surface area contributed by atoms with Crippen LogP contribution in [-0.4, -0.2) is 38.1 Å². The van der Waals surface area contributed by atoms with Crippen LogP contribution in [0.5, 0.6) is 23.0 Å². The van der Waals surface area contributed by atoms with Crippen molar-refractivity contribution < 1.29 is 27.8 Å². The Kier molecular flexibility index (Phi) is 7.99. The van der Waals surface area contributed by atoms with E-state index in [9.17, 15) is 13.6 Å². The van der Waals surface area contributed by atoms with Crippen molar-refractivity contribution in [1.82, 2.24) is 4.90 Å². The minimum Gasteiger partial charge on any atom is -0.493 e. The first-order valence-corrected chi connectivity index (χ1v) is 9.86. The molecule has 0 radical (unpaired) electrons. The van der Waals surface area contributed by atoms with E-state index >= 15 is 0 Å². The Morgan fingerprint density at radius 3 is 2.41 bits per heavy atom. The number of amides is 1. The second kappa shape index (κ2) is 11.1. The highest BCUT2D eigenvalue weighted by molar-refractivity contribution is 5.93. The van der Waals surface area contributed by atoms with Gasteiger partial charge in [-0.2, -0.15) is 8.78 Å². The summed E-state index contributed by atoms with van der Waals surface area (Å²) in [4.78, 5) is 14.4. The Balaban J connectivity index is 1.60. The van der Waals surface area contributed by atoms with E-state index in [0.717, 1.165) is 5.56 Å². The average Bonchev–Trinajstić information content (AvgIpc) is 2.76. The summed E-state index contributed by atoms with van der Waals surface area (Å²) >= 11 is 0. The summed E-state index contributed by atoms with van der Waals surface area (Å²) < 4.78 is 40.4. The van der Waals surface area contributed by atoms with Crippen molar-refractivity contribution in [3.63, 3.8) is 0 Å². The van der Waals surface area contributed by atoms with E-state index in [2.05, 4.69) is 10.1 Å². The van der Waals surface area contributed by atoms with Crippen LogP contribution in [0.15, 0.2) is 72.8 Å². The van der Waals surface area contributed by atoms with Crippen LogP contribution in [-0.2, 0) is 11.3 Å². The molecule has 0 spiro atoms. The molecule has 0 unspecified atom stereocenters. The molecule has 0 saturated heterocycles. The molecule has 3 aromatic carbocycles. The molecule has 0 atom stereocenters. The highest BCUT2D eigenvalue weighted by atomic mass is 19.3. The standard InChI is InChI=1S/C24H24F2N2O4/c1-28(15-17-12-13-21(32-24(25)26)22(14-17)30-2)16-23(29)27-19-10-6-7-11-20(19)31-18-8-4-3-5-9-18/h3-14,24H,15-16H2,1-2H3,(H,27,29). The molecule has 3 aromatic rings. The summed E-state index contributed by atoms with van der Waals surface area (Å²) in [6, 6.07) is 21.2. The first-order valence-electron chi connectivity index (χ1n) is 9.86. The van der Waals surface area contributed by atoms with Gasteiger partial charge in [-0.1, -0.05) is 36.4 Å². The van der Waals surface area contributed by atoms with Gasteiger partial charge in [0.05, 0.1) is 19.3 Å². The predicted molar refractivity (Wildman–Crippen MR) is 118 cm³/mol. The fraction of sp³-hybridized carbons (Fsp3) is 0.208. The van der Waals surface area contributed by atoms with Crippen molar-refractivity contribution in [3.05, 3.63) is 78.4 Å². The number of nitrogens with one attached hydrogen (secondary N) is 1. The van der Waals surface area contributed by atoms with Crippen LogP contribution in [0.2, 0.25) is 0 Å². The van der Waals surface area contributed by atoms with Crippen molar-refractivity contribution in [2.75, 3.05) is 26.0 Å². The topological polar surface area (TPSA) is 60.0 Å². The maximum absolute atomic E-state index is 12.6. The molecular weight excluding hydrogens is 418 g/mol. The molecule has 0 aliphatic carbocycles. The van der Waals surface area contributed by atoms with Gasteiger partial charge in [-0.05, 0) is 49.0 Å². The van der Waals surface area contributed by atoms with E-state index in [1.54, 1.807) is 36.2 Å². The number of para-hydroxylation sites is 3. The summed E-state index contributed by atoms with van der Waals surface area (Å²) in [5.74, 6) is 1.14. The van der Waals surface area contributed by atoms with Gasteiger partial charge in [-0.15, -0.1) is 0 Å². The lowest BCUT2D eigenvalue weighted by molar-refractivity contribution is -0.117. The van der Waals surface area contributed by atoms with Gasteiger partial charge in [-0.25, -0.2) is 0 Å². The Morgan fingerprint density at radius 2 is 1.69 bits per heavy atom. The molecule has 3 rings (SSSR count). The third-order valence-corrected chi connectivity index (χ3v) is 4.44. The number of benzene rings is 3. The monoisotopic (exact) mass is 442 g/mol. The van der Waals surface area contributed by atoms with Crippen molar-refractivity contribution in [2.45, 2.75) is 13.2 Å². The number of halogens is 2. The van der Waals surface area contributed by atoms with Crippen LogP contribution in [0.4, 0.5) is 14.5 Å². The van der Waals surface area contributed by atoms with E-state index in [0.29, 0.717) is 23.7 Å². The first kappa shape index (κ1) is 23.0. The number of likely N-dealkylation sites (N-methyl/N-ethyl adjacent to an activating group) is 1. The quantitative estimate of drug-likeness (QED) is 0.470. The Morgan fingerprint density at radius 1 is 0.969 bits per heavy atom. The van der Waals surface area contributed by atoms with Crippen molar-refractivity contribution >= 4 is 11.6 Å². The molecule has 168 valence electrons. The van der Waals surface area contributed by atoms with Gasteiger partial charge < -0.3 is 19.5 Å². The first-order chi connectivity index (χ1) is 15.4. The molecule has 0 aliphatic rings. The van der Waals surface area contributed by atoms with Crippen LogP contribution >= 0.6 is 0 Å². The van der Waals surface area contributed by atoms with E-state index in [1.807, 2.05) is 42.5 Å². The normalized spacial score (nSPS) is 10.8. The number of carbonyl (C=O) groups excluding carboxylic acids is 1. The number of alkyl halides is 2. The lowest BCUT2D eigenvalue weighted by Gasteiger charge is -2.18. The van der Waals surface area contributed by atoms with Crippen LogP contribution in [0.1, 0.15) is 5.56 Å². The largest absolute Gasteiger partial charge is 0.493 e. The number of rotatable bonds is 10. The van der Waals surface area contributed by atoms with E-state index in [1.165, 1.54) is 13.2 Å². The maximum Gasteiger partial charge on any atom is 0.387 e. The number of ether oxygens (including phenoxy) is 3. The fourth-order valence-corrected chi connectivity index (χ4v) is 3.08. The fourth-order valence-electron chi connectivity index (χ4n) is 3.08. The molecule has 0 heterocycles. The number of methoxy groups -OCH3 is 1. The highest BCUT2D eigenvalue weighted by Crippen LogP contribution is 2.30. The number of hydrogen-bond acceptors (Lipinski definition) is 5. The molecular formula is C24H24F2N2O4. The van der Waals surface area contributed by atoms with Gasteiger partial charge >= 0.3 is 6.61 Å². The summed E-state index contributed by atoms with van der Waals surface area (Å²) in [6.45, 7) is -2.42. The molecule has 8 heteroatoms. The van der Waals surface area contributed by atoms with Gasteiger partial charge in [-0.3, -0.25) is 9.69 Å². The molecule has 0 aromatic heterocycles. The molecule has 0 aliphatic heterocycles. The van der Waals surface area contributed by atoms with E-state index in [4.69, 9.17) is 9.47 Å². The minimum atomic E-state index is -2.94. The number of carbonyl (C=O) groups is 1. The Bertz CT molecular complexity index is 1030. The van der Waals surface area contributed by atoms with Gasteiger partial charge in [0.1, 0.15) is 5.75 Å². The second-order valence-electron chi connectivity index (χ2n) is 7.00. The maximum atomic E-state index is 12.6. The summed E-state index contributed by atoms with van der Waals surface area (Å²) in [5, 5.41) is 2.87. The van der Waals surface area contributed by atoms with Crippen LogP contribution < -0.4 is 19.5 Å². The van der Waals surface area contributed by atoms with Crippen LogP contribution in [0.3, 0.4) is 0 Å². The highest BCUT2D eigenvalue weighted by Gasteiger charge is 2.14. The van der Waals surface area contributed by atoms with Crippen molar-refractivity contribution in [2.24, 2.45) is 0 Å². The molecule has 0 fully saturated rings. The lowest BCUT2D eigenvalue weighted by atomic mass is 10.2. The Labute approximate surface area is 185 Å². The van der Waals surface area contributed by atoms with E-state index in [-0.39, 0.29) is 24.0 Å². The van der Waals surface area contributed by atoms with Crippen LogP contribution in [0.25, 0.3) is 0 Å². The second-order valence-corrected chi connectivity index (χ2v) is 7.00. The zero-order valence-corrected chi connectivity index (χ0v) is 17.8. The molecule has 32 heavy (non-hydrogen) atoms. The lowest BCUT2D eigenvalue weighted by Crippen LogP contribution is -2.30. The SMILES string of the molecule is COc1cc(CN(C)CC(=O)Nc2ccccc2Oc2ccccc2)ccc1OC(F)F. The molecule has 1 N–H and O–H groups in total. The summed E-state index contributed by atoms with van der Waals surface area (Å²) in [5.41, 5.74) is 1.34. The summed E-state index contributed by atoms with van der Waals surface area (Å²) in [7, 11) is 3.16. The number of nitrogens with zero attached hydrogens (tertiary/aromatic N) is 1. The molecule has 0 bridgehead atoms. The van der Waals surface area contributed by atoms with Crippen LogP contribution in [0, 0.1) is 0 Å². The molecule has 6 nitrogen and oxygen atoms in total. The van der Waals surface area contributed by atoms with Gasteiger partial charge in [0.25, 0.3) is 0 Å². The number of anilines is 1. The minimum absolute atomic E-state index is 0.0401. The van der Waals surface area contributed by atoms with Gasteiger partial charge in [0, 0.05) is 6.54 Å². The van der Waals surface area contributed by atoms with Gasteiger partial charge in [0.2, 0.25) is 5.91 Å². The predicted octanol–water partition coefficient (Wildman–Crippen LogP) is 5.16. The average molecular weight is 442 g/mol.